The molecular weight excluding hydrogens is 506 g/mol. The summed E-state index contributed by atoms with van der Waals surface area (Å²) in [4.78, 5) is 47.7. The van der Waals surface area contributed by atoms with Crippen LogP contribution >= 0.6 is 11.8 Å². The van der Waals surface area contributed by atoms with E-state index in [4.69, 9.17) is 9.84 Å². The summed E-state index contributed by atoms with van der Waals surface area (Å²) in [6, 6.07) is 24.4. The molecule has 10 heteroatoms. The zero-order valence-corrected chi connectivity index (χ0v) is 21.2. The van der Waals surface area contributed by atoms with E-state index in [1.54, 1.807) is 0 Å². The van der Waals surface area contributed by atoms with Gasteiger partial charge in [0.25, 0.3) is 5.91 Å². The number of thioether (sulfide) groups is 1. The van der Waals surface area contributed by atoms with Crippen molar-refractivity contribution in [1.29, 1.82) is 0 Å². The Morgan fingerprint density at radius 3 is 2.08 bits per heavy atom. The highest BCUT2D eigenvalue weighted by Crippen LogP contribution is 2.44. The lowest BCUT2D eigenvalue weighted by Crippen LogP contribution is -2.53. The van der Waals surface area contributed by atoms with Crippen LogP contribution in [0.15, 0.2) is 78.9 Å². The van der Waals surface area contributed by atoms with Crippen LogP contribution in [0.25, 0.3) is 11.1 Å². The third kappa shape index (κ3) is 6.71. The van der Waals surface area contributed by atoms with Crippen LogP contribution in [-0.2, 0) is 24.9 Å². The summed E-state index contributed by atoms with van der Waals surface area (Å²) < 4.78 is 5.39. The van der Waals surface area contributed by atoms with Crippen molar-refractivity contribution in [2.75, 3.05) is 12.4 Å². The number of rotatable bonds is 9. The van der Waals surface area contributed by atoms with Crippen LogP contribution in [0, 0.1) is 0 Å². The normalized spacial score (nSPS) is 12.5. The Balaban J connectivity index is 1.28. The van der Waals surface area contributed by atoms with Gasteiger partial charge in [0.15, 0.2) is 0 Å². The quantitative estimate of drug-likeness (QED) is 0.188. The van der Waals surface area contributed by atoms with E-state index in [0.29, 0.717) is 11.5 Å². The van der Waals surface area contributed by atoms with Crippen molar-refractivity contribution in [2.45, 2.75) is 24.1 Å². The molecule has 0 spiro atoms. The lowest BCUT2D eigenvalue weighted by molar-refractivity contribution is -0.151. The third-order valence-electron chi connectivity index (χ3n) is 6.11. The molecule has 3 aromatic carbocycles. The van der Waals surface area contributed by atoms with Gasteiger partial charge in [-0.25, -0.2) is 15.0 Å². The van der Waals surface area contributed by atoms with Gasteiger partial charge in [-0.1, -0.05) is 78.9 Å². The number of aliphatic carboxylic acids is 1. The average molecular weight is 534 g/mol. The van der Waals surface area contributed by atoms with E-state index in [0.717, 1.165) is 27.8 Å². The maximum atomic E-state index is 12.7. The van der Waals surface area contributed by atoms with Gasteiger partial charge >= 0.3 is 18.0 Å². The van der Waals surface area contributed by atoms with Crippen LogP contribution in [0.5, 0.6) is 0 Å². The number of ether oxygens (including phenoxy) is 1. The Bertz CT molecular complexity index is 1270. The van der Waals surface area contributed by atoms with Gasteiger partial charge in [0.05, 0.1) is 0 Å². The molecule has 0 aromatic heterocycles. The van der Waals surface area contributed by atoms with Crippen molar-refractivity contribution in [3.05, 3.63) is 95.6 Å². The first-order valence-corrected chi connectivity index (χ1v) is 13.2. The molecule has 1 aliphatic carbocycles. The largest absolute Gasteiger partial charge is 0.474 e. The predicted molar refractivity (Wildman–Crippen MR) is 143 cm³/mol. The Kier molecular flexibility index (Phi) is 8.99. The van der Waals surface area contributed by atoms with E-state index in [1.807, 2.05) is 78.9 Å². The first kappa shape index (κ1) is 26.7. The lowest BCUT2D eigenvalue weighted by atomic mass is 9.98. The molecule has 4 N–H and O–H groups in total. The maximum Gasteiger partial charge on any atom is 0.426 e. The van der Waals surface area contributed by atoms with E-state index in [1.165, 1.54) is 11.8 Å². The Morgan fingerprint density at radius 2 is 1.45 bits per heavy atom. The highest BCUT2D eigenvalue weighted by atomic mass is 32.2. The molecule has 0 saturated heterocycles. The van der Waals surface area contributed by atoms with Gasteiger partial charge in [-0.3, -0.25) is 15.0 Å². The number of amides is 3. The van der Waals surface area contributed by atoms with Gasteiger partial charge < -0.3 is 15.2 Å². The summed E-state index contributed by atoms with van der Waals surface area (Å²) in [5.74, 6) is -2.75. The average Bonchev–Trinajstić information content (AvgIpc) is 3.26. The summed E-state index contributed by atoms with van der Waals surface area (Å²) in [5, 5.41) is 11.1. The number of hydrogen-bond acceptors (Lipinski definition) is 6. The van der Waals surface area contributed by atoms with E-state index in [9.17, 15) is 19.2 Å². The summed E-state index contributed by atoms with van der Waals surface area (Å²) in [6.45, 7) is 0.0606. The molecule has 9 nitrogen and oxygen atoms in total. The summed E-state index contributed by atoms with van der Waals surface area (Å²) >= 11 is 1.53. The van der Waals surface area contributed by atoms with Crippen LogP contribution in [0.1, 0.15) is 29.0 Å². The fourth-order valence-electron chi connectivity index (χ4n) is 4.29. The fraction of sp³-hybridized carbons (Fsp3) is 0.214. The number of benzene rings is 3. The number of nitrogens with one attached hydrogen (secondary N) is 3. The zero-order valence-electron chi connectivity index (χ0n) is 20.4. The van der Waals surface area contributed by atoms with E-state index in [2.05, 4.69) is 16.2 Å². The minimum Gasteiger partial charge on any atom is -0.474 e. The van der Waals surface area contributed by atoms with Crippen LogP contribution in [0.4, 0.5) is 4.79 Å². The van der Waals surface area contributed by atoms with Crippen LogP contribution in [-0.4, -0.2) is 47.4 Å². The molecule has 3 amide bonds. The van der Waals surface area contributed by atoms with Crippen molar-refractivity contribution in [2.24, 2.45) is 0 Å². The number of carboxylic acid groups (broad SMARTS) is 1. The third-order valence-corrected chi connectivity index (χ3v) is 7.17. The van der Waals surface area contributed by atoms with Crippen molar-refractivity contribution in [3.63, 3.8) is 0 Å². The molecule has 38 heavy (non-hydrogen) atoms. The van der Waals surface area contributed by atoms with Crippen molar-refractivity contribution >= 4 is 35.6 Å². The number of hydrogen-bond donors (Lipinski definition) is 4. The number of hydrazine groups is 1. The van der Waals surface area contributed by atoms with Gasteiger partial charge in [-0.05, 0) is 40.0 Å². The number of carbonyl (C=O) groups excluding carboxylic acids is 3. The fourth-order valence-corrected chi connectivity index (χ4v) is 5.26. The van der Waals surface area contributed by atoms with Crippen molar-refractivity contribution in [1.82, 2.24) is 16.2 Å². The Hall–Kier alpha value is -4.31. The zero-order chi connectivity index (χ0) is 26.9. The molecule has 1 atom stereocenters. The first-order valence-electron chi connectivity index (χ1n) is 12.0. The van der Waals surface area contributed by atoms with E-state index < -0.39 is 29.9 Å². The summed E-state index contributed by atoms with van der Waals surface area (Å²) in [7, 11) is 0. The second kappa shape index (κ2) is 12.8. The van der Waals surface area contributed by atoms with Crippen LogP contribution in [0.2, 0.25) is 0 Å². The molecule has 4 rings (SSSR count). The Morgan fingerprint density at radius 1 is 0.842 bits per heavy atom. The number of carbonyl (C=O) groups is 4. The lowest BCUT2D eigenvalue weighted by Gasteiger charge is -2.18. The summed E-state index contributed by atoms with van der Waals surface area (Å²) in [5.41, 5.74) is 9.79. The van der Waals surface area contributed by atoms with Gasteiger partial charge in [0.1, 0.15) is 12.6 Å². The molecular formula is C28H27N3O6S. The topological polar surface area (TPSA) is 134 Å². The SMILES string of the molecule is O=C(NNC(=O)C(CCSCc1ccccc1)NC(=O)C(=O)O)OCC1c2ccccc2-c2ccccc21. The monoisotopic (exact) mass is 533 g/mol. The minimum atomic E-state index is -1.70. The minimum absolute atomic E-state index is 0.0606. The smallest absolute Gasteiger partial charge is 0.426 e. The standard InChI is InChI=1S/C28H27N3O6S/c32-25(24(29-26(33)27(34)35)14-15-38-17-18-8-2-1-3-9-18)30-31-28(36)37-16-23-21-12-6-4-10-19(21)20-11-5-7-13-22(20)23/h1-13,23-24H,14-17H2,(H,29,33)(H,30,32)(H,31,36)(H,34,35). The molecule has 1 unspecified atom stereocenters. The van der Waals surface area contributed by atoms with Gasteiger partial charge in [-0.15, -0.1) is 0 Å². The molecule has 0 radical (unpaired) electrons. The van der Waals surface area contributed by atoms with Crippen molar-refractivity contribution in [3.8, 4) is 11.1 Å². The summed E-state index contributed by atoms with van der Waals surface area (Å²) in [6.07, 6.45) is -0.712. The van der Waals surface area contributed by atoms with E-state index >= 15 is 0 Å². The number of fused-ring (bicyclic) bond motifs is 3. The Labute approximate surface area is 223 Å². The highest BCUT2D eigenvalue weighted by Gasteiger charge is 2.29. The van der Waals surface area contributed by atoms with Gasteiger partial charge in [-0.2, -0.15) is 11.8 Å². The van der Waals surface area contributed by atoms with Gasteiger partial charge in [0.2, 0.25) is 0 Å². The maximum absolute atomic E-state index is 12.7. The molecule has 196 valence electrons. The van der Waals surface area contributed by atoms with Crippen molar-refractivity contribution < 1.29 is 29.0 Å². The molecule has 1 aliphatic rings. The molecule has 0 aliphatic heterocycles. The highest BCUT2D eigenvalue weighted by molar-refractivity contribution is 7.98. The van der Waals surface area contributed by atoms with Gasteiger partial charge in [0, 0.05) is 11.7 Å². The molecule has 0 fully saturated rings. The van der Waals surface area contributed by atoms with E-state index in [-0.39, 0.29) is 18.9 Å². The predicted octanol–water partition coefficient (Wildman–Crippen LogP) is 3.45. The second-order valence-corrected chi connectivity index (χ2v) is 9.70. The first-order chi connectivity index (χ1) is 18.4. The molecule has 3 aromatic rings. The molecule has 0 saturated carbocycles. The van der Waals surface area contributed by atoms with Crippen LogP contribution < -0.4 is 16.2 Å². The number of carboxylic acids is 1. The second-order valence-electron chi connectivity index (χ2n) is 8.60. The van der Waals surface area contributed by atoms with Crippen LogP contribution in [0.3, 0.4) is 0 Å². The molecule has 0 heterocycles. The molecule has 0 bridgehead atoms.